The maximum Gasteiger partial charge on any atom is 0.268 e. The van der Waals surface area contributed by atoms with Crippen LogP contribution in [0.3, 0.4) is 0 Å². The van der Waals surface area contributed by atoms with Crippen molar-refractivity contribution in [2.24, 2.45) is 5.92 Å². The molecule has 1 aliphatic carbocycles. The Balaban J connectivity index is 1.19. The summed E-state index contributed by atoms with van der Waals surface area (Å²) in [6.45, 7) is 5.26. The average molecular weight is 605 g/mol. The number of anilines is 2. The van der Waals surface area contributed by atoms with E-state index in [0.29, 0.717) is 42.7 Å². The van der Waals surface area contributed by atoms with Crippen molar-refractivity contribution >= 4 is 51.7 Å². The Bertz CT molecular complexity index is 1450. The van der Waals surface area contributed by atoms with Crippen molar-refractivity contribution in [3.05, 3.63) is 40.1 Å². The molecule has 0 bridgehead atoms. The fraction of sp³-hybridized carbons (Fsp3) is 0.576. The van der Waals surface area contributed by atoms with Crippen LogP contribution in [0.2, 0.25) is 0 Å². The molecule has 2 saturated heterocycles. The monoisotopic (exact) mass is 604 g/mol. The van der Waals surface area contributed by atoms with E-state index in [9.17, 15) is 14.4 Å². The Kier molecular flexibility index (Phi) is 9.43. The molecule has 6 rings (SSSR count). The topological polar surface area (TPSA) is 90.8 Å². The van der Waals surface area contributed by atoms with Gasteiger partial charge in [-0.2, -0.15) is 0 Å². The fourth-order valence-electron chi connectivity index (χ4n) is 6.84. The molecular weight excluding hydrogens is 560 g/mol. The van der Waals surface area contributed by atoms with E-state index in [-0.39, 0.29) is 17.7 Å². The molecule has 1 aromatic carbocycles. The lowest BCUT2D eigenvalue weighted by Crippen LogP contribution is -2.28. The Hall–Kier alpha value is -3.24. The van der Waals surface area contributed by atoms with Crippen molar-refractivity contribution in [3.63, 3.8) is 0 Å². The summed E-state index contributed by atoms with van der Waals surface area (Å²) in [6, 6.07) is 9.88. The molecule has 0 spiro atoms. The molecule has 230 valence electrons. The minimum Gasteiger partial charge on any atom is -0.343 e. The number of thiophene rings is 1. The van der Waals surface area contributed by atoms with Crippen LogP contribution in [0.1, 0.15) is 85.2 Å². The zero-order valence-corrected chi connectivity index (χ0v) is 26.2. The zero-order valence-electron chi connectivity index (χ0n) is 25.4. The fourth-order valence-corrected chi connectivity index (χ4v) is 7.78. The minimum atomic E-state index is -0.162. The minimum absolute atomic E-state index is 0.132. The van der Waals surface area contributed by atoms with E-state index >= 15 is 0 Å². The van der Waals surface area contributed by atoms with Gasteiger partial charge < -0.3 is 14.4 Å². The first-order valence-corrected chi connectivity index (χ1v) is 16.9. The standard InChI is InChI=1S/C33H44N6O3S/c1-36(31(41)21-24-9-3-4-10-24)25-12-14-28-27(22-25)34-33(39(28)20-8-19-38-18-7-11-30(38)40)35-32(42)29-15-13-26(43-29)23-37-16-5-2-6-17-37/h12-15,22,24H,2-11,16-21,23H2,1H3,(H,34,35,42). The van der Waals surface area contributed by atoms with Crippen LogP contribution >= 0.6 is 11.3 Å². The number of nitrogens with zero attached hydrogens (tertiary/aromatic N) is 5. The Morgan fingerprint density at radius 1 is 1.00 bits per heavy atom. The first-order valence-electron chi connectivity index (χ1n) is 16.1. The number of aryl methyl sites for hydroxylation is 1. The molecule has 3 aromatic rings. The number of nitrogens with one attached hydrogen (secondary N) is 1. The second-order valence-corrected chi connectivity index (χ2v) is 13.6. The van der Waals surface area contributed by atoms with Crippen LogP contribution in [0.4, 0.5) is 11.6 Å². The van der Waals surface area contributed by atoms with E-state index in [1.807, 2.05) is 40.8 Å². The summed E-state index contributed by atoms with van der Waals surface area (Å²) in [5.74, 6) is 1.17. The number of benzene rings is 1. The summed E-state index contributed by atoms with van der Waals surface area (Å²) in [6.07, 6.45) is 11.4. The van der Waals surface area contributed by atoms with Gasteiger partial charge in [-0.05, 0) is 87.9 Å². The highest BCUT2D eigenvalue weighted by atomic mass is 32.1. The normalized spacial score (nSPS) is 18.2. The summed E-state index contributed by atoms with van der Waals surface area (Å²) in [5, 5.41) is 3.09. The SMILES string of the molecule is CN(C(=O)CC1CCCC1)c1ccc2c(c1)nc(NC(=O)c1ccc(CN3CCCCC3)s1)n2CCCN1CCCC1=O. The number of fused-ring (bicyclic) bond motifs is 1. The van der Waals surface area contributed by atoms with Gasteiger partial charge in [-0.15, -0.1) is 11.3 Å². The summed E-state index contributed by atoms with van der Waals surface area (Å²) in [7, 11) is 1.84. The van der Waals surface area contributed by atoms with Gasteiger partial charge in [0.1, 0.15) is 0 Å². The molecule has 1 N–H and O–H groups in total. The van der Waals surface area contributed by atoms with Gasteiger partial charge in [-0.25, -0.2) is 4.98 Å². The number of imidazole rings is 1. The summed E-state index contributed by atoms with van der Waals surface area (Å²) in [5.41, 5.74) is 2.45. The third kappa shape index (κ3) is 7.12. The Morgan fingerprint density at radius 2 is 1.81 bits per heavy atom. The molecule has 2 aromatic heterocycles. The molecule has 2 aliphatic heterocycles. The number of hydrogen-bond donors (Lipinski definition) is 1. The molecule has 10 heteroatoms. The smallest absolute Gasteiger partial charge is 0.268 e. The van der Waals surface area contributed by atoms with Gasteiger partial charge in [0.2, 0.25) is 17.8 Å². The van der Waals surface area contributed by atoms with E-state index in [0.717, 1.165) is 68.6 Å². The van der Waals surface area contributed by atoms with E-state index in [1.165, 1.54) is 37.0 Å². The quantitative estimate of drug-likeness (QED) is 0.295. The van der Waals surface area contributed by atoms with Gasteiger partial charge >= 0.3 is 0 Å². The summed E-state index contributed by atoms with van der Waals surface area (Å²) >= 11 is 1.54. The average Bonchev–Trinajstić information content (AvgIpc) is 3.82. The van der Waals surface area contributed by atoms with Crippen LogP contribution in [-0.2, 0) is 22.7 Å². The van der Waals surface area contributed by atoms with Crippen LogP contribution in [0.25, 0.3) is 11.0 Å². The number of piperidine rings is 1. The number of hydrogen-bond acceptors (Lipinski definition) is 6. The lowest BCUT2D eigenvalue weighted by Gasteiger charge is -2.25. The summed E-state index contributed by atoms with van der Waals surface area (Å²) < 4.78 is 2.04. The first kappa shape index (κ1) is 29.8. The van der Waals surface area contributed by atoms with Gasteiger partial charge in [0.25, 0.3) is 5.91 Å². The van der Waals surface area contributed by atoms with Crippen molar-refractivity contribution in [2.75, 3.05) is 43.4 Å². The first-order chi connectivity index (χ1) is 20.9. The highest BCUT2D eigenvalue weighted by molar-refractivity contribution is 7.14. The van der Waals surface area contributed by atoms with E-state index in [1.54, 1.807) is 16.2 Å². The largest absolute Gasteiger partial charge is 0.343 e. The molecule has 3 fully saturated rings. The number of amides is 3. The van der Waals surface area contributed by atoms with Crippen molar-refractivity contribution in [1.29, 1.82) is 0 Å². The number of carbonyl (C=O) groups is 3. The maximum absolute atomic E-state index is 13.4. The summed E-state index contributed by atoms with van der Waals surface area (Å²) in [4.78, 5) is 51.5. The lowest BCUT2D eigenvalue weighted by atomic mass is 10.0. The van der Waals surface area contributed by atoms with Crippen LogP contribution in [0.15, 0.2) is 30.3 Å². The number of rotatable bonds is 11. The molecule has 1 saturated carbocycles. The van der Waals surface area contributed by atoms with Gasteiger partial charge in [0.15, 0.2) is 0 Å². The van der Waals surface area contributed by atoms with Crippen molar-refractivity contribution in [2.45, 2.75) is 83.7 Å². The highest BCUT2D eigenvalue weighted by Crippen LogP contribution is 2.30. The van der Waals surface area contributed by atoms with Crippen LogP contribution in [-0.4, -0.2) is 70.3 Å². The Morgan fingerprint density at radius 3 is 2.58 bits per heavy atom. The third-order valence-electron chi connectivity index (χ3n) is 9.35. The molecule has 3 aliphatic rings. The molecule has 0 unspecified atom stereocenters. The molecular formula is C33H44N6O3S. The molecule has 9 nitrogen and oxygen atoms in total. The molecule has 43 heavy (non-hydrogen) atoms. The number of carbonyl (C=O) groups excluding carboxylic acids is 3. The van der Waals surface area contributed by atoms with Gasteiger partial charge in [-0.3, -0.25) is 24.6 Å². The van der Waals surface area contributed by atoms with Gasteiger partial charge in [0, 0.05) is 56.6 Å². The van der Waals surface area contributed by atoms with Crippen LogP contribution in [0.5, 0.6) is 0 Å². The van der Waals surface area contributed by atoms with Gasteiger partial charge in [-0.1, -0.05) is 19.3 Å². The van der Waals surface area contributed by atoms with Crippen LogP contribution < -0.4 is 10.2 Å². The third-order valence-corrected chi connectivity index (χ3v) is 10.4. The van der Waals surface area contributed by atoms with Crippen molar-refractivity contribution in [1.82, 2.24) is 19.4 Å². The maximum atomic E-state index is 13.4. The second kappa shape index (κ2) is 13.6. The predicted molar refractivity (Wildman–Crippen MR) is 172 cm³/mol. The zero-order chi connectivity index (χ0) is 29.8. The number of likely N-dealkylation sites (tertiary alicyclic amines) is 2. The van der Waals surface area contributed by atoms with E-state index in [2.05, 4.69) is 16.3 Å². The molecule has 4 heterocycles. The highest BCUT2D eigenvalue weighted by Gasteiger charge is 2.23. The predicted octanol–water partition coefficient (Wildman–Crippen LogP) is 5.89. The second-order valence-electron chi connectivity index (χ2n) is 12.5. The molecule has 0 radical (unpaired) electrons. The van der Waals surface area contributed by atoms with Crippen molar-refractivity contribution < 1.29 is 14.4 Å². The lowest BCUT2D eigenvalue weighted by molar-refractivity contribution is -0.127. The van der Waals surface area contributed by atoms with Gasteiger partial charge in [0.05, 0.1) is 15.9 Å². The van der Waals surface area contributed by atoms with E-state index < -0.39 is 0 Å². The number of aromatic nitrogens is 2. The van der Waals surface area contributed by atoms with E-state index in [4.69, 9.17) is 4.98 Å². The molecule has 0 atom stereocenters. The molecule has 3 amide bonds. The Labute approximate surface area is 258 Å². The van der Waals surface area contributed by atoms with Crippen molar-refractivity contribution in [3.8, 4) is 0 Å². The van der Waals surface area contributed by atoms with Crippen LogP contribution in [0, 0.1) is 5.92 Å².